The number of aromatic amines is 1. The molecule has 23 heavy (non-hydrogen) atoms. The van der Waals surface area contributed by atoms with E-state index in [2.05, 4.69) is 20.3 Å². The minimum absolute atomic E-state index is 0.150. The Balaban J connectivity index is 1.63. The highest BCUT2D eigenvalue weighted by atomic mass is 16.6. The van der Waals surface area contributed by atoms with E-state index in [1.54, 1.807) is 11.1 Å². The Morgan fingerprint density at radius 3 is 3.04 bits per heavy atom. The summed E-state index contributed by atoms with van der Waals surface area (Å²) in [6.45, 7) is 6.98. The number of rotatable bonds is 2. The van der Waals surface area contributed by atoms with Crippen LogP contribution in [-0.2, 0) is 4.74 Å². The Kier molecular flexibility index (Phi) is 4.11. The summed E-state index contributed by atoms with van der Waals surface area (Å²) in [7, 11) is 0. The smallest absolute Gasteiger partial charge is 0.410 e. The molecule has 1 aliphatic heterocycles. The first-order valence-corrected chi connectivity index (χ1v) is 7.96. The number of carbonyl (C=O) groups is 1. The third-order valence-corrected chi connectivity index (χ3v) is 3.67. The van der Waals surface area contributed by atoms with Gasteiger partial charge in [-0.1, -0.05) is 0 Å². The monoisotopic (exact) mass is 317 g/mol. The second-order valence-electron chi connectivity index (χ2n) is 6.87. The zero-order valence-electron chi connectivity index (χ0n) is 13.8. The minimum atomic E-state index is -0.470. The molecule has 0 spiro atoms. The van der Waals surface area contributed by atoms with Crippen LogP contribution >= 0.6 is 0 Å². The van der Waals surface area contributed by atoms with E-state index in [4.69, 9.17) is 4.74 Å². The van der Waals surface area contributed by atoms with Crippen LogP contribution in [0.4, 0.5) is 10.7 Å². The van der Waals surface area contributed by atoms with Crippen LogP contribution in [0.2, 0.25) is 0 Å². The highest BCUT2D eigenvalue weighted by Gasteiger charge is 2.27. The Morgan fingerprint density at radius 1 is 1.48 bits per heavy atom. The summed E-state index contributed by atoms with van der Waals surface area (Å²) in [5, 5.41) is 3.36. The van der Waals surface area contributed by atoms with E-state index < -0.39 is 5.60 Å². The number of fused-ring (bicyclic) bond motifs is 1. The number of hydrogen-bond donors (Lipinski definition) is 2. The lowest BCUT2D eigenvalue weighted by atomic mass is 10.1. The molecule has 0 bridgehead atoms. The molecule has 1 fully saturated rings. The molecule has 3 heterocycles. The number of piperidine rings is 1. The van der Waals surface area contributed by atoms with Crippen molar-refractivity contribution in [2.24, 2.45) is 0 Å². The lowest BCUT2D eigenvalue weighted by Crippen LogP contribution is -2.47. The maximum absolute atomic E-state index is 12.2. The summed E-state index contributed by atoms with van der Waals surface area (Å²) in [6.07, 6.45) is 3.40. The van der Waals surface area contributed by atoms with Crippen LogP contribution in [0.1, 0.15) is 33.6 Å². The average molecular weight is 317 g/mol. The van der Waals surface area contributed by atoms with E-state index in [0.717, 1.165) is 24.9 Å². The van der Waals surface area contributed by atoms with E-state index in [-0.39, 0.29) is 12.1 Å². The normalized spacial score (nSPS) is 18.9. The van der Waals surface area contributed by atoms with Crippen molar-refractivity contribution in [2.45, 2.75) is 45.3 Å². The number of imidazole rings is 1. The van der Waals surface area contributed by atoms with Crippen molar-refractivity contribution in [1.29, 1.82) is 0 Å². The second-order valence-corrected chi connectivity index (χ2v) is 6.87. The number of hydrogen-bond acceptors (Lipinski definition) is 5. The zero-order chi connectivity index (χ0) is 16.4. The molecule has 1 saturated heterocycles. The maximum atomic E-state index is 12.2. The van der Waals surface area contributed by atoms with Gasteiger partial charge in [0.1, 0.15) is 5.60 Å². The Labute approximate surface area is 135 Å². The number of nitrogens with one attached hydrogen (secondary N) is 2. The van der Waals surface area contributed by atoms with Gasteiger partial charge in [0.05, 0.1) is 5.52 Å². The Morgan fingerprint density at radius 2 is 2.30 bits per heavy atom. The zero-order valence-corrected chi connectivity index (χ0v) is 13.8. The molecule has 2 aromatic heterocycles. The number of ether oxygens (including phenoxy) is 1. The van der Waals surface area contributed by atoms with Gasteiger partial charge in [-0.05, 0) is 45.7 Å². The first-order valence-electron chi connectivity index (χ1n) is 7.96. The van der Waals surface area contributed by atoms with E-state index >= 15 is 0 Å². The summed E-state index contributed by atoms with van der Waals surface area (Å²) in [4.78, 5) is 25.8. The van der Waals surface area contributed by atoms with Crippen molar-refractivity contribution in [3.63, 3.8) is 0 Å². The number of anilines is 1. The van der Waals surface area contributed by atoms with Crippen LogP contribution < -0.4 is 5.32 Å². The fourth-order valence-electron chi connectivity index (χ4n) is 2.69. The summed E-state index contributed by atoms with van der Waals surface area (Å²) in [6, 6.07) is 3.96. The first-order chi connectivity index (χ1) is 10.9. The molecule has 7 heteroatoms. The maximum Gasteiger partial charge on any atom is 0.410 e. The van der Waals surface area contributed by atoms with Gasteiger partial charge >= 0.3 is 6.09 Å². The fraction of sp³-hybridized carbons (Fsp3) is 0.562. The number of likely N-dealkylation sites (tertiary alicyclic amines) is 1. The highest BCUT2D eigenvalue weighted by molar-refractivity contribution is 5.73. The first kappa shape index (κ1) is 15.6. The molecule has 0 saturated carbocycles. The predicted octanol–water partition coefficient (Wildman–Crippen LogP) is 2.77. The van der Waals surface area contributed by atoms with Crippen molar-refractivity contribution in [3.8, 4) is 0 Å². The predicted molar refractivity (Wildman–Crippen MR) is 88.3 cm³/mol. The van der Waals surface area contributed by atoms with Gasteiger partial charge in [-0.25, -0.2) is 9.78 Å². The molecule has 1 aliphatic rings. The summed E-state index contributed by atoms with van der Waals surface area (Å²) < 4.78 is 5.45. The number of amides is 1. The molecule has 0 aromatic carbocycles. The van der Waals surface area contributed by atoms with Crippen LogP contribution in [0.25, 0.3) is 11.2 Å². The molecule has 3 rings (SSSR count). The summed E-state index contributed by atoms with van der Waals surface area (Å²) in [5.74, 6) is 0.690. The lowest BCUT2D eigenvalue weighted by molar-refractivity contribution is 0.0206. The molecule has 0 radical (unpaired) electrons. The van der Waals surface area contributed by atoms with Gasteiger partial charge in [-0.2, -0.15) is 4.98 Å². The summed E-state index contributed by atoms with van der Waals surface area (Å²) in [5.41, 5.74) is 1.12. The van der Waals surface area contributed by atoms with Crippen LogP contribution in [0, 0.1) is 0 Å². The van der Waals surface area contributed by atoms with Crippen LogP contribution in [0.15, 0.2) is 18.3 Å². The SMILES string of the molecule is CC(C)(C)OC(=O)N1CCC[C@H](Nc2nc3ncccc3[nH]2)C1. The fourth-order valence-corrected chi connectivity index (χ4v) is 2.69. The molecule has 124 valence electrons. The molecule has 7 nitrogen and oxygen atoms in total. The van der Waals surface area contributed by atoms with Gasteiger partial charge in [-0.3, -0.25) is 0 Å². The van der Waals surface area contributed by atoms with E-state index in [0.29, 0.717) is 18.1 Å². The molecule has 1 amide bonds. The van der Waals surface area contributed by atoms with Crippen LogP contribution in [0.3, 0.4) is 0 Å². The standard InChI is InChI=1S/C16H23N5O2/c1-16(2,3)23-15(22)21-9-5-6-11(10-21)18-14-19-12-7-4-8-17-13(12)20-14/h4,7-8,11H,5-6,9-10H2,1-3H3,(H2,17,18,19,20)/t11-/m0/s1. The molecule has 2 N–H and O–H groups in total. The van der Waals surface area contributed by atoms with Crippen molar-refractivity contribution >= 4 is 23.2 Å². The van der Waals surface area contributed by atoms with Crippen molar-refractivity contribution < 1.29 is 9.53 Å². The average Bonchev–Trinajstić information content (AvgIpc) is 2.88. The topological polar surface area (TPSA) is 83.1 Å². The quantitative estimate of drug-likeness (QED) is 0.890. The number of carbonyl (C=O) groups excluding carboxylic acids is 1. The van der Waals surface area contributed by atoms with E-state index in [1.165, 1.54) is 0 Å². The number of nitrogens with zero attached hydrogens (tertiary/aromatic N) is 3. The molecule has 1 atom stereocenters. The molecular weight excluding hydrogens is 294 g/mol. The number of aromatic nitrogens is 3. The van der Waals surface area contributed by atoms with Crippen LogP contribution in [-0.4, -0.2) is 50.7 Å². The molecule has 2 aromatic rings. The van der Waals surface area contributed by atoms with Crippen molar-refractivity contribution in [1.82, 2.24) is 19.9 Å². The molecular formula is C16H23N5O2. The van der Waals surface area contributed by atoms with Gasteiger partial charge in [0.15, 0.2) is 5.65 Å². The number of pyridine rings is 1. The van der Waals surface area contributed by atoms with Gasteiger partial charge in [0.25, 0.3) is 0 Å². The van der Waals surface area contributed by atoms with Crippen LogP contribution in [0.5, 0.6) is 0 Å². The summed E-state index contributed by atoms with van der Waals surface area (Å²) >= 11 is 0. The van der Waals surface area contributed by atoms with Gasteiger partial charge in [0.2, 0.25) is 5.95 Å². The minimum Gasteiger partial charge on any atom is -0.444 e. The second kappa shape index (κ2) is 6.06. The van der Waals surface area contributed by atoms with Crippen molar-refractivity contribution in [2.75, 3.05) is 18.4 Å². The Bertz CT molecular complexity index is 658. The molecule has 0 aliphatic carbocycles. The van der Waals surface area contributed by atoms with Crippen molar-refractivity contribution in [3.05, 3.63) is 18.3 Å². The van der Waals surface area contributed by atoms with Gasteiger partial charge < -0.3 is 19.9 Å². The largest absolute Gasteiger partial charge is 0.444 e. The van der Waals surface area contributed by atoms with Gasteiger partial charge in [-0.15, -0.1) is 0 Å². The third-order valence-electron chi connectivity index (χ3n) is 3.67. The number of H-pyrrole nitrogens is 1. The lowest BCUT2D eigenvalue weighted by Gasteiger charge is -2.34. The van der Waals surface area contributed by atoms with E-state index in [9.17, 15) is 4.79 Å². The van der Waals surface area contributed by atoms with Gasteiger partial charge in [0, 0.05) is 25.3 Å². The highest BCUT2D eigenvalue weighted by Crippen LogP contribution is 2.18. The third kappa shape index (κ3) is 3.91. The molecule has 0 unspecified atom stereocenters. The Hall–Kier alpha value is -2.31. The van der Waals surface area contributed by atoms with E-state index in [1.807, 2.05) is 32.9 Å².